The molecule has 1 aromatic heterocycles. The Bertz CT molecular complexity index is 1110. The smallest absolute Gasteiger partial charge is 0.243 e. The molecule has 1 fully saturated rings. The van der Waals surface area contributed by atoms with Gasteiger partial charge in [-0.3, -0.25) is 4.79 Å². The number of sulfonamides is 1. The maximum Gasteiger partial charge on any atom is 0.243 e. The number of rotatable bonds is 4. The predicted molar refractivity (Wildman–Crippen MR) is 105 cm³/mol. The van der Waals surface area contributed by atoms with Crippen LogP contribution in [0.15, 0.2) is 57.8 Å². The monoisotopic (exact) mass is 399 g/mol. The second kappa shape index (κ2) is 7.37. The number of nitrogens with one attached hydrogen (secondary N) is 1. The third kappa shape index (κ3) is 3.65. The fourth-order valence-corrected chi connectivity index (χ4v) is 5.03. The normalized spacial score (nSPS) is 18.2. The molecule has 146 valence electrons. The lowest BCUT2D eigenvalue weighted by molar-refractivity contribution is -0.120. The summed E-state index contributed by atoms with van der Waals surface area (Å²) in [7, 11) is -3.60. The van der Waals surface area contributed by atoms with Gasteiger partial charge in [0, 0.05) is 25.7 Å². The Morgan fingerprint density at radius 1 is 1.21 bits per heavy atom. The Labute approximate surface area is 163 Å². The van der Waals surface area contributed by atoms with Gasteiger partial charge in [-0.15, -0.1) is 0 Å². The summed E-state index contributed by atoms with van der Waals surface area (Å²) in [4.78, 5) is 17.3. The SMILES string of the molecule is Cc1nc2cc(NC(=O)[C@@H]3CCCN(S(=O)(=O)c4ccccc4)C3)ccc2o1. The predicted octanol–water partition coefficient (Wildman–Crippen LogP) is 3.18. The summed E-state index contributed by atoms with van der Waals surface area (Å²) < 4.78 is 32.5. The highest BCUT2D eigenvalue weighted by molar-refractivity contribution is 7.89. The standard InChI is InChI=1S/C20H21N3O4S/c1-14-21-18-12-16(9-10-19(18)27-14)22-20(24)15-6-5-11-23(13-15)28(25,26)17-7-3-2-4-8-17/h2-4,7-10,12,15H,5-6,11,13H2,1H3,(H,22,24)/t15-/m1/s1. The number of aryl methyl sites for hydroxylation is 1. The molecule has 1 saturated heterocycles. The van der Waals surface area contributed by atoms with E-state index in [1.807, 2.05) is 0 Å². The molecule has 0 bridgehead atoms. The quantitative estimate of drug-likeness (QED) is 0.727. The molecule has 7 nitrogen and oxygen atoms in total. The van der Waals surface area contributed by atoms with Gasteiger partial charge in [0.1, 0.15) is 5.52 Å². The molecular formula is C20H21N3O4S. The molecule has 1 atom stereocenters. The topological polar surface area (TPSA) is 92.5 Å². The molecule has 2 heterocycles. The van der Waals surface area contributed by atoms with E-state index in [0.29, 0.717) is 42.1 Å². The van der Waals surface area contributed by atoms with Crippen LogP contribution in [0, 0.1) is 12.8 Å². The third-order valence-corrected chi connectivity index (χ3v) is 6.78. The summed E-state index contributed by atoms with van der Waals surface area (Å²) in [6.07, 6.45) is 1.30. The fraction of sp³-hybridized carbons (Fsp3) is 0.300. The summed E-state index contributed by atoms with van der Waals surface area (Å²) in [6.45, 7) is 2.36. The number of carbonyl (C=O) groups is 1. The van der Waals surface area contributed by atoms with Crippen molar-refractivity contribution in [2.24, 2.45) is 5.92 Å². The lowest BCUT2D eigenvalue weighted by Crippen LogP contribution is -2.43. The Morgan fingerprint density at radius 2 is 2.00 bits per heavy atom. The second-order valence-electron chi connectivity index (χ2n) is 6.92. The van der Waals surface area contributed by atoms with E-state index in [1.165, 1.54) is 4.31 Å². The summed E-state index contributed by atoms with van der Waals surface area (Å²) in [5.41, 5.74) is 1.95. The van der Waals surface area contributed by atoms with Gasteiger partial charge in [0.05, 0.1) is 10.8 Å². The Hall–Kier alpha value is -2.71. The van der Waals surface area contributed by atoms with E-state index in [-0.39, 0.29) is 17.3 Å². The summed E-state index contributed by atoms with van der Waals surface area (Å²) in [5, 5.41) is 2.88. The van der Waals surface area contributed by atoms with Crippen LogP contribution in [0.1, 0.15) is 18.7 Å². The molecule has 1 N–H and O–H groups in total. The van der Waals surface area contributed by atoms with Crippen molar-refractivity contribution < 1.29 is 17.6 Å². The number of fused-ring (bicyclic) bond motifs is 1. The lowest BCUT2D eigenvalue weighted by atomic mass is 9.98. The number of carbonyl (C=O) groups excluding carboxylic acids is 1. The van der Waals surface area contributed by atoms with E-state index in [9.17, 15) is 13.2 Å². The van der Waals surface area contributed by atoms with Gasteiger partial charge in [-0.25, -0.2) is 13.4 Å². The van der Waals surface area contributed by atoms with E-state index in [4.69, 9.17) is 4.42 Å². The van der Waals surface area contributed by atoms with Crippen LogP contribution in [0.25, 0.3) is 11.1 Å². The Balaban J connectivity index is 1.48. The van der Waals surface area contributed by atoms with E-state index in [0.717, 1.165) is 0 Å². The van der Waals surface area contributed by atoms with Crippen LogP contribution in [0.2, 0.25) is 0 Å². The van der Waals surface area contributed by atoms with Gasteiger partial charge < -0.3 is 9.73 Å². The van der Waals surface area contributed by atoms with Gasteiger partial charge in [-0.1, -0.05) is 18.2 Å². The van der Waals surface area contributed by atoms with Crippen molar-refractivity contribution in [3.8, 4) is 0 Å². The number of hydrogen-bond donors (Lipinski definition) is 1. The molecule has 0 aliphatic carbocycles. The van der Waals surface area contributed by atoms with Crippen LogP contribution in [0.5, 0.6) is 0 Å². The molecule has 4 rings (SSSR count). The Morgan fingerprint density at radius 3 is 2.79 bits per heavy atom. The van der Waals surface area contributed by atoms with Gasteiger partial charge in [0.15, 0.2) is 11.5 Å². The van der Waals surface area contributed by atoms with E-state index in [1.54, 1.807) is 55.5 Å². The molecule has 1 aliphatic rings. The van der Waals surface area contributed by atoms with Crippen molar-refractivity contribution in [3.63, 3.8) is 0 Å². The minimum Gasteiger partial charge on any atom is -0.441 e. The average molecular weight is 399 g/mol. The van der Waals surface area contributed by atoms with Gasteiger partial charge >= 0.3 is 0 Å². The number of amides is 1. The second-order valence-corrected chi connectivity index (χ2v) is 8.86. The zero-order chi connectivity index (χ0) is 19.7. The van der Waals surface area contributed by atoms with Crippen molar-refractivity contribution >= 4 is 32.7 Å². The highest BCUT2D eigenvalue weighted by Gasteiger charge is 2.33. The number of benzene rings is 2. The van der Waals surface area contributed by atoms with Gasteiger partial charge in [-0.05, 0) is 43.2 Å². The first kappa shape index (κ1) is 18.6. The van der Waals surface area contributed by atoms with Crippen LogP contribution in [0.4, 0.5) is 5.69 Å². The highest BCUT2D eigenvalue weighted by Crippen LogP contribution is 2.25. The number of aromatic nitrogens is 1. The highest BCUT2D eigenvalue weighted by atomic mass is 32.2. The van der Waals surface area contributed by atoms with E-state index >= 15 is 0 Å². The van der Waals surface area contributed by atoms with Crippen LogP contribution in [-0.2, 0) is 14.8 Å². The van der Waals surface area contributed by atoms with Crippen LogP contribution in [-0.4, -0.2) is 36.7 Å². The zero-order valence-corrected chi connectivity index (χ0v) is 16.3. The molecule has 3 aromatic rings. The van der Waals surface area contributed by atoms with Crippen molar-refractivity contribution in [2.75, 3.05) is 18.4 Å². The molecule has 28 heavy (non-hydrogen) atoms. The summed E-state index contributed by atoms with van der Waals surface area (Å²) in [5.74, 6) is -0.0259. The molecule has 1 aliphatic heterocycles. The molecule has 1 amide bonds. The first-order valence-corrected chi connectivity index (χ1v) is 10.6. The van der Waals surface area contributed by atoms with E-state index < -0.39 is 15.9 Å². The van der Waals surface area contributed by atoms with Crippen molar-refractivity contribution in [1.29, 1.82) is 0 Å². The van der Waals surface area contributed by atoms with Gasteiger partial charge in [0.2, 0.25) is 15.9 Å². The minimum atomic E-state index is -3.60. The van der Waals surface area contributed by atoms with Crippen LogP contribution < -0.4 is 5.32 Å². The largest absolute Gasteiger partial charge is 0.441 e. The fourth-order valence-electron chi connectivity index (χ4n) is 3.48. The molecular weight excluding hydrogens is 378 g/mol. The third-order valence-electron chi connectivity index (χ3n) is 4.90. The van der Waals surface area contributed by atoms with Crippen molar-refractivity contribution in [1.82, 2.24) is 9.29 Å². The van der Waals surface area contributed by atoms with E-state index in [2.05, 4.69) is 10.3 Å². The van der Waals surface area contributed by atoms with Gasteiger partial charge in [0.25, 0.3) is 0 Å². The number of piperidine rings is 1. The average Bonchev–Trinajstić information content (AvgIpc) is 3.08. The molecule has 0 radical (unpaired) electrons. The zero-order valence-electron chi connectivity index (χ0n) is 15.5. The first-order valence-electron chi connectivity index (χ1n) is 9.17. The molecule has 2 aromatic carbocycles. The number of nitrogens with zero attached hydrogens (tertiary/aromatic N) is 2. The maximum atomic E-state index is 12.8. The number of oxazole rings is 1. The summed E-state index contributed by atoms with van der Waals surface area (Å²) in [6, 6.07) is 13.6. The molecule has 0 spiro atoms. The summed E-state index contributed by atoms with van der Waals surface area (Å²) >= 11 is 0. The first-order chi connectivity index (χ1) is 13.4. The molecule has 0 saturated carbocycles. The number of anilines is 1. The molecule has 8 heteroatoms. The Kier molecular flexibility index (Phi) is 4.91. The minimum absolute atomic E-state index is 0.175. The maximum absolute atomic E-state index is 12.8. The molecule has 0 unspecified atom stereocenters. The van der Waals surface area contributed by atoms with Crippen LogP contribution >= 0.6 is 0 Å². The van der Waals surface area contributed by atoms with Crippen molar-refractivity contribution in [2.45, 2.75) is 24.7 Å². The van der Waals surface area contributed by atoms with Gasteiger partial charge in [-0.2, -0.15) is 4.31 Å². The lowest BCUT2D eigenvalue weighted by Gasteiger charge is -2.31. The van der Waals surface area contributed by atoms with Crippen LogP contribution in [0.3, 0.4) is 0 Å². The van der Waals surface area contributed by atoms with Crippen molar-refractivity contribution in [3.05, 3.63) is 54.4 Å². The number of hydrogen-bond acceptors (Lipinski definition) is 5.